The predicted octanol–water partition coefficient (Wildman–Crippen LogP) is 3.97. The molecule has 0 atom stereocenters. The maximum absolute atomic E-state index is 13.3. The molecule has 0 aliphatic carbocycles. The normalized spacial score (nSPS) is 11.1. The highest BCUT2D eigenvalue weighted by molar-refractivity contribution is 5.80. The summed E-state index contributed by atoms with van der Waals surface area (Å²) in [5, 5.41) is 3.31. The maximum Gasteiger partial charge on any atom is 0.200 e. The van der Waals surface area contributed by atoms with Crippen LogP contribution in [0.2, 0.25) is 0 Å². The first kappa shape index (κ1) is 14.9. The van der Waals surface area contributed by atoms with Gasteiger partial charge in [0.2, 0.25) is 5.82 Å². The van der Waals surface area contributed by atoms with E-state index in [0.29, 0.717) is 0 Å². The molecule has 2 aromatic carbocycles. The molecule has 110 valence electrons. The smallest absolute Gasteiger partial charge is 0.200 e. The summed E-state index contributed by atoms with van der Waals surface area (Å²) in [5.74, 6) is -11.1. The first-order chi connectivity index (χ1) is 9.91. The number of anilines is 1. The summed E-state index contributed by atoms with van der Waals surface area (Å²) in [5.41, 5.74) is 0.644. The molecule has 0 radical (unpaired) electrons. The molecule has 0 bridgehead atoms. The van der Waals surface area contributed by atoms with E-state index in [1.165, 1.54) is 12.1 Å². The van der Waals surface area contributed by atoms with Crippen LogP contribution in [-0.2, 0) is 0 Å². The van der Waals surface area contributed by atoms with Gasteiger partial charge in [-0.3, -0.25) is 5.43 Å². The average molecular weight is 304 g/mol. The second kappa shape index (κ2) is 5.86. The van der Waals surface area contributed by atoms with Crippen LogP contribution in [0.1, 0.15) is 5.56 Å². The van der Waals surface area contributed by atoms with E-state index in [4.69, 9.17) is 0 Å². The minimum atomic E-state index is -2.26. The minimum absolute atomic E-state index is 0.228. The standard InChI is InChI=1S/C13H6F6N2/c14-7-3-1-2-6(4-7)5-20-21-13-11(18)9(16)8(15)10(17)12(13)19/h1-5,21H/b20-5+. The largest absolute Gasteiger partial charge is 0.272 e. The molecule has 0 spiro atoms. The van der Waals surface area contributed by atoms with Crippen molar-refractivity contribution in [2.24, 2.45) is 5.10 Å². The molecule has 2 rings (SSSR count). The second-order valence-corrected chi connectivity index (χ2v) is 3.87. The molecule has 0 unspecified atom stereocenters. The van der Waals surface area contributed by atoms with Crippen LogP contribution in [0.3, 0.4) is 0 Å². The van der Waals surface area contributed by atoms with Crippen LogP contribution in [0.4, 0.5) is 32.0 Å². The molecule has 8 heteroatoms. The van der Waals surface area contributed by atoms with Gasteiger partial charge in [-0.05, 0) is 17.7 Å². The quantitative estimate of drug-likeness (QED) is 0.300. The molecule has 0 amide bonds. The highest BCUT2D eigenvalue weighted by Gasteiger charge is 2.25. The highest BCUT2D eigenvalue weighted by atomic mass is 19.2. The lowest BCUT2D eigenvalue weighted by Gasteiger charge is -2.06. The number of nitrogens with zero attached hydrogens (tertiary/aromatic N) is 1. The van der Waals surface area contributed by atoms with Crippen LogP contribution >= 0.6 is 0 Å². The van der Waals surface area contributed by atoms with E-state index in [1.807, 2.05) is 0 Å². The maximum atomic E-state index is 13.3. The van der Waals surface area contributed by atoms with Crippen molar-refractivity contribution < 1.29 is 26.3 Å². The summed E-state index contributed by atoms with van der Waals surface area (Å²) < 4.78 is 78.0. The van der Waals surface area contributed by atoms with Gasteiger partial charge in [0, 0.05) is 0 Å². The lowest BCUT2D eigenvalue weighted by molar-refractivity contribution is 0.381. The Kier molecular flexibility index (Phi) is 4.15. The van der Waals surface area contributed by atoms with Crippen LogP contribution in [0.5, 0.6) is 0 Å². The van der Waals surface area contributed by atoms with Crippen molar-refractivity contribution in [3.05, 3.63) is 64.7 Å². The van der Waals surface area contributed by atoms with E-state index in [0.717, 1.165) is 18.3 Å². The molecule has 1 N–H and O–H groups in total. The molecule has 0 aromatic heterocycles. The van der Waals surface area contributed by atoms with Gasteiger partial charge in [-0.2, -0.15) is 5.10 Å². The van der Waals surface area contributed by atoms with E-state index in [2.05, 4.69) is 5.10 Å². The van der Waals surface area contributed by atoms with Crippen molar-refractivity contribution in [1.82, 2.24) is 0 Å². The predicted molar refractivity (Wildman–Crippen MR) is 63.8 cm³/mol. The Morgan fingerprint density at radius 2 is 1.38 bits per heavy atom. The Balaban J connectivity index is 2.29. The Bertz CT molecular complexity index is 685. The summed E-state index contributed by atoms with van der Waals surface area (Å²) in [6.07, 6.45) is 0.959. The number of rotatable bonds is 3. The van der Waals surface area contributed by atoms with Crippen LogP contribution in [0.15, 0.2) is 29.4 Å². The van der Waals surface area contributed by atoms with Gasteiger partial charge >= 0.3 is 0 Å². The van der Waals surface area contributed by atoms with Crippen molar-refractivity contribution in [3.8, 4) is 0 Å². The first-order valence-electron chi connectivity index (χ1n) is 5.48. The number of nitrogens with one attached hydrogen (secondary N) is 1. The molecule has 2 nitrogen and oxygen atoms in total. The zero-order valence-corrected chi connectivity index (χ0v) is 10.1. The molecule has 0 heterocycles. The SMILES string of the molecule is Fc1cccc(/C=N/Nc2c(F)c(F)c(F)c(F)c2F)c1. The van der Waals surface area contributed by atoms with Crippen molar-refractivity contribution >= 4 is 11.9 Å². The van der Waals surface area contributed by atoms with E-state index in [9.17, 15) is 26.3 Å². The lowest BCUT2D eigenvalue weighted by atomic mass is 10.2. The Labute approximate surface area is 114 Å². The van der Waals surface area contributed by atoms with E-state index in [1.54, 1.807) is 5.43 Å². The number of benzene rings is 2. The topological polar surface area (TPSA) is 24.4 Å². The van der Waals surface area contributed by atoms with Crippen LogP contribution in [0, 0.1) is 34.9 Å². The molecule has 21 heavy (non-hydrogen) atoms. The average Bonchev–Trinajstić information content (AvgIpc) is 2.47. The minimum Gasteiger partial charge on any atom is -0.272 e. The van der Waals surface area contributed by atoms with Crippen LogP contribution in [0.25, 0.3) is 0 Å². The van der Waals surface area contributed by atoms with Gasteiger partial charge in [0.15, 0.2) is 23.3 Å². The fourth-order valence-corrected chi connectivity index (χ4v) is 1.46. The molecule has 2 aromatic rings. The number of hydrogen-bond acceptors (Lipinski definition) is 2. The molecule has 0 fully saturated rings. The van der Waals surface area contributed by atoms with Gasteiger partial charge < -0.3 is 0 Å². The van der Waals surface area contributed by atoms with Gasteiger partial charge in [-0.25, -0.2) is 26.3 Å². The fraction of sp³-hybridized carbons (Fsp3) is 0. The molecule has 0 saturated heterocycles. The third kappa shape index (κ3) is 2.99. The van der Waals surface area contributed by atoms with Gasteiger partial charge in [0.1, 0.15) is 11.5 Å². The van der Waals surface area contributed by atoms with Crippen LogP contribution in [-0.4, -0.2) is 6.21 Å². The Morgan fingerprint density at radius 3 is 1.95 bits per heavy atom. The highest BCUT2D eigenvalue weighted by Crippen LogP contribution is 2.26. The zero-order valence-electron chi connectivity index (χ0n) is 10.1. The number of halogens is 6. The summed E-state index contributed by atoms with van der Waals surface area (Å²) in [6.45, 7) is 0. The third-order valence-corrected chi connectivity index (χ3v) is 2.45. The van der Waals surface area contributed by atoms with Crippen molar-refractivity contribution in [2.75, 3.05) is 5.43 Å². The summed E-state index contributed by atoms with van der Waals surface area (Å²) in [7, 11) is 0. The van der Waals surface area contributed by atoms with Crippen molar-refractivity contribution in [1.29, 1.82) is 0 Å². The monoisotopic (exact) mass is 304 g/mol. The molecule has 0 saturated carbocycles. The van der Waals surface area contributed by atoms with Gasteiger partial charge in [0.05, 0.1) is 6.21 Å². The summed E-state index contributed by atoms with van der Waals surface area (Å²) in [4.78, 5) is 0. The van der Waals surface area contributed by atoms with Gasteiger partial charge in [-0.1, -0.05) is 12.1 Å². The zero-order chi connectivity index (χ0) is 15.6. The third-order valence-electron chi connectivity index (χ3n) is 2.45. The fourth-order valence-electron chi connectivity index (χ4n) is 1.46. The first-order valence-corrected chi connectivity index (χ1v) is 5.48. The van der Waals surface area contributed by atoms with Crippen molar-refractivity contribution in [2.45, 2.75) is 0 Å². The van der Waals surface area contributed by atoms with E-state index < -0.39 is 40.6 Å². The number of hydrazone groups is 1. The van der Waals surface area contributed by atoms with Gasteiger partial charge in [-0.15, -0.1) is 0 Å². The van der Waals surface area contributed by atoms with Crippen LogP contribution < -0.4 is 5.43 Å². The Morgan fingerprint density at radius 1 is 0.810 bits per heavy atom. The lowest BCUT2D eigenvalue weighted by Crippen LogP contribution is -2.06. The summed E-state index contributed by atoms with van der Waals surface area (Å²) >= 11 is 0. The summed E-state index contributed by atoms with van der Waals surface area (Å²) in [6, 6.07) is 5.00. The van der Waals surface area contributed by atoms with Gasteiger partial charge in [0.25, 0.3) is 0 Å². The molecular formula is C13H6F6N2. The molecule has 0 aliphatic rings. The second-order valence-electron chi connectivity index (χ2n) is 3.87. The van der Waals surface area contributed by atoms with Crippen molar-refractivity contribution in [3.63, 3.8) is 0 Å². The Hall–Kier alpha value is -2.51. The molecule has 0 aliphatic heterocycles. The molecular weight excluding hydrogens is 298 g/mol. The van der Waals surface area contributed by atoms with E-state index >= 15 is 0 Å². The van der Waals surface area contributed by atoms with E-state index in [-0.39, 0.29) is 5.56 Å². The number of hydrogen-bond donors (Lipinski definition) is 1.